The van der Waals surface area contributed by atoms with Gasteiger partial charge in [0, 0.05) is 17.2 Å². The molecule has 0 saturated carbocycles. The molecule has 5 nitrogen and oxygen atoms in total. The van der Waals surface area contributed by atoms with E-state index in [1.54, 1.807) is 25.2 Å². The molecule has 1 aromatic rings. The Morgan fingerprint density at radius 2 is 2.00 bits per heavy atom. The molecule has 0 saturated heterocycles. The van der Waals surface area contributed by atoms with Crippen LogP contribution in [-0.4, -0.2) is 24.9 Å². The summed E-state index contributed by atoms with van der Waals surface area (Å²) in [5, 5.41) is 5.29. The highest BCUT2D eigenvalue weighted by molar-refractivity contribution is 9.10. The standard InChI is InChI=1S/C14H20BrN3O2/c1-8(2)6-12(14(20)17-3)18-13(19)10-7-9(15)4-5-11(10)16/h4-5,7-8,12H,6,16H2,1-3H3,(H,17,20)(H,18,19). The van der Waals surface area contributed by atoms with Gasteiger partial charge in [-0.05, 0) is 30.5 Å². The summed E-state index contributed by atoms with van der Waals surface area (Å²) in [5.74, 6) is -0.267. The molecular formula is C14H20BrN3O2. The second kappa shape index (κ2) is 7.28. The number of nitrogens with two attached hydrogens (primary N) is 1. The van der Waals surface area contributed by atoms with Crippen LogP contribution >= 0.6 is 15.9 Å². The molecule has 0 aliphatic carbocycles. The summed E-state index contributed by atoms with van der Waals surface area (Å²) in [5.41, 5.74) is 6.53. The molecule has 0 aliphatic rings. The Balaban J connectivity index is 2.90. The molecule has 0 aromatic heterocycles. The summed E-state index contributed by atoms with van der Waals surface area (Å²) in [7, 11) is 1.55. The third-order valence-corrected chi connectivity index (χ3v) is 3.33. The Hall–Kier alpha value is -1.56. The van der Waals surface area contributed by atoms with Gasteiger partial charge in [0.2, 0.25) is 5.91 Å². The van der Waals surface area contributed by atoms with Crippen molar-refractivity contribution in [1.29, 1.82) is 0 Å². The maximum Gasteiger partial charge on any atom is 0.254 e. The fourth-order valence-electron chi connectivity index (χ4n) is 1.84. The van der Waals surface area contributed by atoms with Crippen LogP contribution in [0.4, 0.5) is 5.69 Å². The van der Waals surface area contributed by atoms with Crippen LogP contribution in [0, 0.1) is 5.92 Å². The monoisotopic (exact) mass is 341 g/mol. The topological polar surface area (TPSA) is 84.2 Å². The SMILES string of the molecule is CNC(=O)C(CC(C)C)NC(=O)c1cc(Br)ccc1N. The maximum atomic E-state index is 12.2. The van der Waals surface area contributed by atoms with Gasteiger partial charge in [0.25, 0.3) is 5.91 Å². The van der Waals surface area contributed by atoms with E-state index in [-0.39, 0.29) is 17.7 Å². The third kappa shape index (κ3) is 4.52. The van der Waals surface area contributed by atoms with Crippen molar-refractivity contribution in [2.24, 2.45) is 5.92 Å². The van der Waals surface area contributed by atoms with Crippen LogP contribution in [0.15, 0.2) is 22.7 Å². The van der Waals surface area contributed by atoms with Gasteiger partial charge in [-0.15, -0.1) is 0 Å². The van der Waals surface area contributed by atoms with Crippen LogP contribution < -0.4 is 16.4 Å². The van der Waals surface area contributed by atoms with Gasteiger partial charge in [-0.3, -0.25) is 9.59 Å². The number of rotatable bonds is 5. The minimum atomic E-state index is -0.564. The lowest BCUT2D eigenvalue weighted by molar-refractivity contribution is -0.122. The molecule has 2 amide bonds. The van der Waals surface area contributed by atoms with Crippen molar-refractivity contribution >= 4 is 33.4 Å². The lowest BCUT2D eigenvalue weighted by atomic mass is 10.0. The van der Waals surface area contributed by atoms with Crippen LogP contribution in [0.2, 0.25) is 0 Å². The molecule has 4 N–H and O–H groups in total. The van der Waals surface area contributed by atoms with Crippen LogP contribution in [-0.2, 0) is 4.79 Å². The van der Waals surface area contributed by atoms with E-state index >= 15 is 0 Å². The minimum Gasteiger partial charge on any atom is -0.398 e. The second-order valence-electron chi connectivity index (χ2n) is 5.00. The highest BCUT2D eigenvalue weighted by Crippen LogP contribution is 2.18. The zero-order chi connectivity index (χ0) is 15.3. The normalized spacial score (nSPS) is 12.1. The van der Waals surface area contributed by atoms with Crippen LogP contribution in [0.5, 0.6) is 0 Å². The van der Waals surface area contributed by atoms with Crippen molar-refractivity contribution < 1.29 is 9.59 Å². The number of halogens is 1. The van der Waals surface area contributed by atoms with Gasteiger partial charge in [0.05, 0.1) is 5.56 Å². The average molecular weight is 342 g/mol. The van der Waals surface area contributed by atoms with Gasteiger partial charge in [-0.25, -0.2) is 0 Å². The Kier molecular flexibility index (Phi) is 6.01. The van der Waals surface area contributed by atoms with E-state index in [0.717, 1.165) is 4.47 Å². The summed E-state index contributed by atoms with van der Waals surface area (Å²) < 4.78 is 0.761. The Labute approximate surface area is 127 Å². The molecule has 20 heavy (non-hydrogen) atoms. The summed E-state index contributed by atoms with van der Waals surface area (Å²) in [6.07, 6.45) is 0.569. The van der Waals surface area contributed by atoms with Gasteiger partial charge in [-0.1, -0.05) is 29.8 Å². The third-order valence-electron chi connectivity index (χ3n) is 2.84. The number of hydrogen-bond acceptors (Lipinski definition) is 3. The Bertz CT molecular complexity index is 503. The zero-order valence-corrected chi connectivity index (χ0v) is 13.5. The number of anilines is 1. The van der Waals surface area contributed by atoms with E-state index in [9.17, 15) is 9.59 Å². The van der Waals surface area contributed by atoms with Crippen molar-refractivity contribution in [3.05, 3.63) is 28.2 Å². The first-order valence-electron chi connectivity index (χ1n) is 6.42. The van der Waals surface area contributed by atoms with Gasteiger partial charge >= 0.3 is 0 Å². The molecule has 1 rings (SSSR count). The average Bonchev–Trinajstić information content (AvgIpc) is 2.39. The number of amides is 2. The summed E-state index contributed by atoms with van der Waals surface area (Å²) in [6.45, 7) is 3.99. The van der Waals surface area contributed by atoms with E-state index in [4.69, 9.17) is 5.73 Å². The number of benzene rings is 1. The molecule has 1 aromatic carbocycles. The molecule has 0 spiro atoms. The fourth-order valence-corrected chi connectivity index (χ4v) is 2.20. The second-order valence-corrected chi connectivity index (χ2v) is 5.92. The largest absolute Gasteiger partial charge is 0.398 e. The molecule has 110 valence electrons. The van der Waals surface area contributed by atoms with Gasteiger partial charge < -0.3 is 16.4 Å². The van der Waals surface area contributed by atoms with Crippen molar-refractivity contribution in [3.8, 4) is 0 Å². The lowest BCUT2D eigenvalue weighted by Gasteiger charge is -2.19. The summed E-state index contributed by atoms with van der Waals surface area (Å²) in [6, 6.07) is 4.49. The first-order valence-corrected chi connectivity index (χ1v) is 7.22. The predicted octanol–water partition coefficient (Wildman–Crippen LogP) is 1.92. The van der Waals surface area contributed by atoms with Crippen LogP contribution in [0.1, 0.15) is 30.6 Å². The molecule has 0 radical (unpaired) electrons. The number of likely N-dealkylation sites (N-methyl/N-ethyl adjacent to an activating group) is 1. The summed E-state index contributed by atoms with van der Waals surface area (Å²) >= 11 is 3.30. The number of nitrogens with one attached hydrogen (secondary N) is 2. The molecular weight excluding hydrogens is 322 g/mol. The number of hydrogen-bond donors (Lipinski definition) is 3. The molecule has 1 atom stereocenters. The van der Waals surface area contributed by atoms with E-state index < -0.39 is 6.04 Å². The number of carbonyl (C=O) groups is 2. The minimum absolute atomic E-state index is 0.208. The quantitative estimate of drug-likeness (QED) is 0.715. The highest BCUT2D eigenvalue weighted by atomic mass is 79.9. The highest BCUT2D eigenvalue weighted by Gasteiger charge is 2.22. The zero-order valence-electron chi connectivity index (χ0n) is 11.9. The first-order chi connectivity index (χ1) is 9.35. The van der Waals surface area contributed by atoms with E-state index in [1.807, 2.05) is 13.8 Å². The molecule has 0 bridgehead atoms. The van der Waals surface area contributed by atoms with Crippen molar-refractivity contribution in [1.82, 2.24) is 10.6 Å². The van der Waals surface area contributed by atoms with Gasteiger partial charge in [0.15, 0.2) is 0 Å². The lowest BCUT2D eigenvalue weighted by Crippen LogP contribution is -2.46. The fraction of sp³-hybridized carbons (Fsp3) is 0.429. The van der Waals surface area contributed by atoms with Gasteiger partial charge in [0.1, 0.15) is 6.04 Å². The van der Waals surface area contributed by atoms with Crippen molar-refractivity contribution in [2.45, 2.75) is 26.3 Å². The molecule has 1 unspecified atom stereocenters. The van der Waals surface area contributed by atoms with Gasteiger partial charge in [-0.2, -0.15) is 0 Å². The van der Waals surface area contributed by atoms with E-state index in [1.165, 1.54) is 0 Å². The Morgan fingerprint density at radius 1 is 1.35 bits per heavy atom. The smallest absolute Gasteiger partial charge is 0.254 e. The number of nitrogen functional groups attached to an aromatic ring is 1. The maximum absolute atomic E-state index is 12.2. The van der Waals surface area contributed by atoms with E-state index in [0.29, 0.717) is 17.7 Å². The number of carbonyl (C=O) groups excluding carboxylic acids is 2. The van der Waals surface area contributed by atoms with E-state index in [2.05, 4.69) is 26.6 Å². The van der Waals surface area contributed by atoms with Crippen LogP contribution in [0.25, 0.3) is 0 Å². The first kappa shape index (κ1) is 16.5. The predicted molar refractivity (Wildman–Crippen MR) is 83.3 cm³/mol. The molecule has 0 aliphatic heterocycles. The molecule has 0 fully saturated rings. The van der Waals surface area contributed by atoms with Crippen LogP contribution in [0.3, 0.4) is 0 Å². The van der Waals surface area contributed by atoms with Crippen molar-refractivity contribution in [3.63, 3.8) is 0 Å². The summed E-state index contributed by atoms with van der Waals surface area (Å²) in [4.78, 5) is 24.0. The Morgan fingerprint density at radius 3 is 2.55 bits per heavy atom. The molecule has 6 heteroatoms. The molecule has 0 heterocycles. The van der Waals surface area contributed by atoms with Crippen molar-refractivity contribution in [2.75, 3.05) is 12.8 Å².